The molecule has 0 aliphatic carbocycles. The molecule has 1 rings (SSSR count). The van der Waals surface area contributed by atoms with E-state index in [1.807, 2.05) is 13.1 Å². The van der Waals surface area contributed by atoms with E-state index >= 15 is 0 Å². The average Bonchev–Trinajstić information content (AvgIpc) is 2.24. The van der Waals surface area contributed by atoms with Gasteiger partial charge in [-0.1, -0.05) is 26.0 Å². The van der Waals surface area contributed by atoms with Crippen LogP contribution < -0.4 is 10.6 Å². The second-order valence-electron chi connectivity index (χ2n) is 4.67. The van der Waals surface area contributed by atoms with Gasteiger partial charge in [-0.15, -0.1) is 0 Å². The van der Waals surface area contributed by atoms with Gasteiger partial charge in [0.15, 0.2) is 0 Å². The molecule has 0 aromatic heterocycles. The van der Waals surface area contributed by atoms with Crippen molar-refractivity contribution in [1.82, 2.24) is 10.6 Å². The van der Waals surface area contributed by atoms with Gasteiger partial charge in [0.1, 0.15) is 5.82 Å². The summed E-state index contributed by atoms with van der Waals surface area (Å²) in [6.07, 6.45) is 0. The summed E-state index contributed by atoms with van der Waals surface area (Å²) in [7, 11) is 1.93. The lowest BCUT2D eigenvalue weighted by molar-refractivity contribution is 0.465. The van der Waals surface area contributed by atoms with Crippen LogP contribution in [-0.2, 0) is 5.41 Å². The molecule has 0 atom stereocenters. The molecular weight excluding hydrogens is 203 g/mol. The number of hydrogen-bond acceptors (Lipinski definition) is 2. The number of likely N-dealkylation sites (N-methyl/N-ethyl adjacent to an activating group) is 1. The van der Waals surface area contributed by atoms with E-state index in [2.05, 4.69) is 24.5 Å². The fourth-order valence-corrected chi connectivity index (χ4v) is 1.63. The van der Waals surface area contributed by atoms with E-state index in [4.69, 9.17) is 0 Å². The minimum atomic E-state index is -0.166. The van der Waals surface area contributed by atoms with Crippen LogP contribution in [0.1, 0.15) is 19.4 Å². The molecule has 1 aromatic carbocycles. The highest BCUT2D eigenvalue weighted by Crippen LogP contribution is 2.22. The Morgan fingerprint density at radius 2 is 2.00 bits per heavy atom. The number of benzene rings is 1. The highest BCUT2D eigenvalue weighted by atomic mass is 19.1. The van der Waals surface area contributed by atoms with Crippen LogP contribution in [0.25, 0.3) is 0 Å². The highest BCUT2D eigenvalue weighted by Gasteiger charge is 2.20. The molecule has 0 bridgehead atoms. The van der Waals surface area contributed by atoms with Crippen LogP contribution in [0.2, 0.25) is 0 Å². The van der Waals surface area contributed by atoms with Gasteiger partial charge in [0.2, 0.25) is 0 Å². The highest BCUT2D eigenvalue weighted by molar-refractivity contribution is 5.24. The molecule has 0 fully saturated rings. The zero-order valence-electron chi connectivity index (χ0n) is 10.3. The third kappa shape index (κ3) is 3.91. The summed E-state index contributed by atoms with van der Waals surface area (Å²) in [5.41, 5.74) is 0.986. The Bertz CT molecular complexity index is 323. The number of halogens is 1. The standard InChI is InChI=1S/C13H21FN2/c1-13(2,10-16-8-7-15-3)11-5-4-6-12(14)9-11/h4-6,9,15-16H,7-8,10H2,1-3H3. The monoisotopic (exact) mass is 224 g/mol. The molecule has 2 N–H and O–H groups in total. The summed E-state index contributed by atoms with van der Waals surface area (Å²) in [5.74, 6) is -0.166. The predicted octanol–water partition coefficient (Wildman–Crippen LogP) is 1.91. The fourth-order valence-electron chi connectivity index (χ4n) is 1.63. The van der Waals surface area contributed by atoms with Gasteiger partial charge in [-0.2, -0.15) is 0 Å². The van der Waals surface area contributed by atoms with Crippen molar-refractivity contribution in [2.24, 2.45) is 0 Å². The second-order valence-corrected chi connectivity index (χ2v) is 4.67. The molecular formula is C13H21FN2. The van der Waals surface area contributed by atoms with E-state index in [1.165, 1.54) is 6.07 Å². The minimum absolute atomic E-state index is 0.0458. The fraction of sp³-hybridized carbons (Fsp3) is 0.538. The Balaban J connectivity index is 2.55. The number of nitrogens with one attached hydrogen (secondary N) is 2. The quantitative estimate of drug-likeness (QED) is 0.721. The SMILES string of the molecule is CNCCNCC(C)(C)c1cccc(F)c1. The summed E-state index contributed by atoms with van der Waals surface area (Å²) in [4.78, 5) is 0. The topological polar surface area (TPSA) is 24.1 Å². The van der Waals surface area contributed by atoms with E-state index < -0.39 is 0 Å². The summed E-state index contributed by atoms with van der Waals surface area (Å²) in [6, 6.07) is 6.83. The van der Waals surface area contributed by atoms with Crippen molar-refractivity contribution >= 4 is 0 Å². The van der Waals surface area contributed by atoms with Gasteiger partial charge in [-0.05, 0) is 24.7 Å². The lowest BCUT2D eigenvalue weighted by Crippen LogP contribution is -2.36. The van der Waals surface area contributed by atoms with Crippen LogP contribution in [0.3, 0.4) is 0 Å². The van der Waals surface area contributed by atoms with Crippen LogP contribution >= 0.6 is 0 Å². The van der Waals surface area contributed by atoms with Crippen molar-refractivity contribution < 1.29 is 4.39 Å². The van der Waals surface area contributed by atoms with Crippen molar-refractivity contribution in [2.75, 3.05) is 26.7 Å². The maximum atomic E-state index is 13.1. The van der Waals surface area contributed by atoms with Crippen LogP contribution in [0.5, 0.6) is 0 Å². The molecule has 0 saturated heterocycles. The molecule has 0 amide bonds. The Morgan fingerprint density at radius 1 is 1.25 bits per heavy atom. The molecule has 3 heteroatoms. The van der Waals surface area contributed by atoms with E-state index in [0.717, 1.165) is 25.2 Å². The average molecular weight is 224 g/mol. The third-order valence-corrected chi connectivity index (χ3v) is 2.72. The van der Waals surface area contributed by atoms with Gasteiger partial charge in [0.05, 0.1) is 0 Å². The molecule has 0 radical (unpaired) electrons. The van der Waals surface area contributed by atoms with Gasteiger partial charge in [-0.25, -0.2) is 4.39 Å². The Hall–Kier alpha value is -0.930. The third-order valence-electron chi connectivity index (χ3n) is 2.72. The zero-order valence-corrected chi connectivity index (χ0v) is 10.3. The van der Waals surface area contributed by atoms with Crippen molar-refractivity contribution in [3.05, 3.63) is 35.6 Å². The largest absolute Gasteiger partial charge is 0.318 e. The first kappa shape index (κ1) is 13.1. The molecule has 0 aliphatic heterocycles. The normalized spacial score (nSPS) is 11.8. The Morgan fingerprint density at radius 3 is 2.62 bits per heavy atom. The number of hydrogen-bond donors (Lipinski definition) is 2. The van der Waals surface area contributed by atoms with Gasteiger partial charge < -0.3 is 10.6 Å². The first-order chi connectivity index (χ1) is 7.56. The molecule has 0 saturated carbocycles. The molecule has 0 aliphatic rings. The van der Waals surface area contributed by atoms with E-state index in [-0.39, 0.29) is 11.2 Å². The van der Waals surface area contributed by atoms with Crippen LogP contribution in [0.4, 0.5) is 4.39 Å². The lowest BCUT2D eigenvalue weighted by atomic mass is 9.84. The lowest BCUT2D eigenvalue weighted by Gasteiger charge is -2.25. The van der Waals surface area contributed by atoms with Gasteiger partial charge in [0.25, 0.3) is 0 Å². The molecule has 90 valence electrons. The zero-order chi connectivity index (χ0) is 12.0. The predicted molar refractivity (Wildman–Crippen MR) is 66.2 cm³/mol. The summed E-state index contributed by atoms with van der Waals surface area (Å²) < 4.78 is 13.1. The van der Waals surface area contributed by atoms with Gasteiger partial charge >= 0.3 is 0 Å². The van der Waals surface area contributed by atoms with Crippen molar-refractivity contribution in [3.63, 3.8) is 0 Å². The van der Waals surface area contributed by atoms with Crippen molar-refractivity contribution in [1.29, 1.82) is 0 Å². The Labute approximate surface area is 97.3 Å². The summed E-state index contributed by atoms with van der Waals surface area (Å²) >= 11 is 0. The van der Waals surface area contributed by atoms with Crippen LogP contribution in [0.15, 0.2) is 24.3 Å². The molecule has 0 unspecified atom stereocenters. The summed E-state index contributed by atoms with van der Waals surface area (Å²) in [6.45, 7) is 6.95. The van der Waals surface area contributed by atoms with Crippen molar-refractivity contribution in [3.8, 4) is 0 Å². The summed E-state index contributed by atoms with van der Waals surface area (Å²) in [5, 5.41) is 6.44. The van der Waals surface area contributed by atoms with E-state index in [0.29, 0.717) is 0 Å². The smallest absolute Gasteiger partial charge is 0.123 e. The molecule has 16 heavy (non-hydrogen) atoms. The second kappa shape index (κ2) is 5.97. The van der Waals surface area contributed by atoms with E-state index in [9.17, 15) is 4.39 Å². The molecule has 0 heterocycles. The first-order valence-electron chi connectivity index (χ1n) is 5.67. The molecule has 2 nitrogen and oxygen atoms in total. The van der Waals surface area contributed by atoms with Crippen LogP contribution in [-0.4, -0.2) is 26.7 Å². The van der Waals surface area contributed by atoms with Crippen molar-refractivity contribution in [2.45, 2.75) is 19.3 Å². The molecule has 1 aromatic rings. The molecule has 0 spiro atoms. The maximum absolute atomic E-state index is 13.1. The Kier molecular flexibility index (Phi) is 4.90. The minimum Gasteiger partial charge on any atom is -0.318 e. The van der Waals surface area contributed by atoms with Crippen LogP contribution in [0, 0.1) is 5.82 Å². The van der Waals surface area contributed by atoms with E-state index in [1.54, 1.807) is 12.1 Å². The van der Waals surface area contributed by atoms with Gasteiger partial charge in [0, 0.05) is 25.0 Å². The first-order valence-corrected chi connectivity index (χ1v) is 5.67. The maximum Gasteiger partial charge on any atom is 0.123 e. The van der Waals surface area contributed by atoms with Gasteiger partial charge in [-0.3, -0.25) is 0 Å². The number of rotatable bonds is 6.